The van der Waals surface area contributed by atoms with Crippen molar-refractivity contribution in [3.63, 3.8) is 0 Å². The first kappa shape index (κ1) is 19.4. The van der Waals surface area contributed by atoms with E-state index in [4.69, 9.17) is 14.6 Å². The van der Waals surface area contributed by atoms with Gasteiger partial charge in [0.1, 0.15) is 6.10 Å². The zero-order valence-electron chi connectivity index (χ0n) is 13.3. The molecule has 2 unspecified atom stereocenters. The van der Waals surface area contributed by atoms with Crippen LogP contribution in [-0.4, -0.2) is 46.9 Å². The van der Waals surface area contributed by atoms with Crippen LogP contribution >= 0.6 is 0 Å². The number of aliphatic hydroxyl groups is 1. The number of benzene rings is 1. The van der Waals surface area contributed by atoms with E-state index < -0.39 is 30.1 Å². The molecule has 0 aliphatic heterocycles. The summed E-state index contributed by atoms with van der Waals surface area (Å²) >= 11 is 0. The molecule has 7 nitrogen and oxygen atoms in total. The number of carbonyl (C=O) groups excluding carboxylic acids is 2. The second-order valence-corrected chi connectivity index (χ2v) is 5.04. The Morgan fingerprint density at radius 1 is 1.25 bits per heavy atom. The Labute approximate surface area is 139 Å². The van der Waals surface area contributed by atoms with E-state index in [1.165, 1.54) is 31.2 Å². The highest BCUT2D eigenvalue weighted by atomic mass is 16.6. The van der Waals surface area contributed by atoms with Crippen LogP contribution in [0.3, 0.4) is 0 Å². The van der Waals surface area contributed by atoms with E-state index >= 15 is 0 Å². The van der Waals surface area contributed by atoms with Crippen molar-refractivity contribution in [2.45, 2.75) is 32.0 Å². The first-order valence-corrected chi connectivity index (χ1v) is 7.37. The van der Waals surface area contributed by atoms with Crippen LogP contribution in [0.5, 0.6) is 0 Å². The highest BCUT2D eigenvalue weighted by Gasteiger charge is 2.22. The SMILES string of the molecule is C=CC(=O)OCCCC(O)C(C)OC(=O)c1ccccc1C(=O)O. The van der Waals surface area contributed by atoms with Crippen molar-refractivity contribution < 1.29 is 34.1 Å². The molecule has 1 aromatic carbocycles. The molecule has 0 fully saturated rings. The first-order chi connectivity index (χ1) is 11.4. The van der Waals surface area contributed by atoms with Crippen LogP contribution in [0.25, 0.3) is 0 Å². The van der Waals surface area contributed by atoms with Gasteiger partial charge in [0, 0.05) is 6.08 Å². The second kappa shape index (κ2) is 9.46. The molecule has 0 amide bonds. The van der Waals surface area contributed by atoms with Gasteiger partial charge in [0.15, 0.2) is 0 Å². The van der Waals surface area contributed by atoms with Crippen molar-refractivity contribution in [1.82, 2.24) is 0 Å². The van der Waals surface area contributed by atoms with Crippen molar-refractivity contribution in [3.8, 4) is 0 Å². The fourth-order valence-electron chi connectivity index (χ4n) is 1.92. The number of esters is 2. The van der Waals surface area contributed by atoms with E-state index in [0.29, 0.717) is 6.42 Å². The molecule has 2 N–H and O–H groups in total. The topological polar surface area (TPSA) is 110 Å². The Balaban J connectivity index is 2.53. The maximum absolute atomic E-state index is 12.1. The smallest absolute Gasteiger partial charge is 0.339 e. The van der Waals surface area contributed by atoms with Gasteiger partial charge in [-0.2, -0.15) is 0 Å². The van der Waals surface area contributed by atoms with Gasteiger partial charge in [-0.25, -0.2) is 14.4 Å². The van der Waals surface area contributed by atoms with Crippen molar-refractivity contribution in [2.24, 2.45) is 0 Å². The Kier molecular flexibility index (Phi) is 7.64. The van der Waals surface area contributed by atoms with Crippen LogP contribution in [0, 0.1) is 0 Å². The molecule has 0 aromatic heterocycles. The molecule has 1 aromatic rings. The second-order valence-electron chi connectivity index (χ2n) is 5.04. The number of carboxylic acid groups (broad SMARTS) is 1. The summed E-state index contributed by atoms with van der Waals surface area (Å²) in [6, 6.07) is 5.68. The maximum Gasteiger partial charge on any atom is 0.339 e. The highest BCUT2D eigenvalue weighted by molar-refractivity contribution is 6.02. The van der Waals surface area contributed by atoms with Gasteiger partial charge in [0.05, 0.1) is 23.8 Å². The lowest BCUT2D eigenvalue weighted by molar-refractivity contribution is -0.138. The van der Waals surface area contributed by atoms with Crippen LogP contribution in [-0.2, 0) is 14.3 Å². The molecule has 24 heavy (non-hydrogen) atoms. The van der Waals surface area contributed by atoms with Gasteiger partial charge in [0.2, 0.25) is 0 Å². The third kappa shape index (κ3) is 5.85. The van der Waals surface area contributed by atoms with Gasteiger partial charge in [0.25, 0.3) is 0 Å². The number of carboxylic acids is 1. The van der Waals surface area contributed by atoms with Crippen molar-refractivity contribution in [1.29, 1.82) is 0 Å². The van der Waals surface area contributed by atoms with Crippen LogP contribution in [0.2, 0.25) is 0 Å². The minimum absolute atomic E-state index is 0.0797. The maximum atomic E-state index is 12.1. The van der Waals surface area contributed by atoms with E-state index in [1.54, 1.807) is 0 Å². The molecule has 0 saturated carbocycles. The molecular weight excluding hydrogens is 316 g/mol. The van der Waals surface area contributed by atoms with Gasteiger partial charge < -0.3 is 19.7 Å². The standard InChI is InChI=1S/C17H20O7/c1-3-15(19)23-10-6-9-14(18)11(2)24-17(22)13-8-5-4-7-12(13)16(20)21/h3-5,7-8,11,14,18H,1,6,9-10H2,2H3,(H,20,21). The molecule has 0 heterocycles. The molecule has 1 rings (SSSR count). The van der Waals surface area contributed by atoms with Gasteiger partial charge in [-0.3, -0.25) is 0 Å². The van der Waals surface area contributed by atoms with Gasteiger partial charge >= 0.3 is 17.9 Å². The molecule has 0 bridgehead atoms. The van der Waals surface area contributed by atoms with Crippen LogP contribution in [0.15, 0.2) is 36.9 Å². The number of aromatic carboxylic acids is 1. The number of carbonyl (C=O) groups is 3. The van der Waals surface area contributed by atoms with E-state index in [2.05, 4.69) is 6.58 Å². The lowest BCUT2D eigenvalue weighted by atomic mass is 10.1. The van der Waals surface area contributed by atoms with Gasteiger partial charge in [-0.05, 0) is 31.9 Å². The van der Waals surface area contributed by atoms with E-state index in [9.17, 15) is 19.5 Å². The Morgan fingerprint density at radius 2 is 1.88 bits per heavy atom. The van der Waals surface area contributed by atoms with Crippen molar-refractivity contribution >= 4 is 17.9 Å². The summed E-state index contributed by atoms with van der Waals surface area (Å²) in [6.45, 7) is 4.88. The monoisotopic (exact) mass is 336 g/mol. The minimum Gasteiger partial charge on any atom is -0.478 e. The van der Waals surface area contributed by atoms with Gasteiger partial charge in [-0.15, -0.1) is 0 Å². The number of aliphatic hydroxyl groups excluding tert-OH is 1. The van der Waals surface area contributed by atoms with Crippen LogP contribution < -0.4 is 0 Å². The zero-order valence-corrected chi connectivity index (χ0v) is 13.3. The van der Waals surface area contributed by atoms with E-state index in [-0.39, 0.29) is 24.2 Å². The number of ether oxygens (including phenoxy) is 2. The van der Waals surface area contributed by atoms with Crippen LogP contribution in [0.4, 0.5) is 0 Å². The molecule has 0 saturated heterocycles. The first-order valence-electron chi connectivity index (χ1n) is 7.37. The number of hydrogen-bond donors (Lipinski definition) is 2. The van der Waals surface area contributed by atoms with E-state index in [0.717, 1.165) is 6.08 Å². The van der Waals surface area contributed by atoms with Crippen molar-refractivity contribution in [3.05, 3.63) is 48.0 Å². The average Bonchev–Trinajstić information content (AvgIpc) is 2.57. The molecule has 7 heteroatoms. The molecule has 0 aliphatic carbocycles. The Morgan fingerprint density at radius 3 is 2.46 bits per heavy atom. The summed E-state index contributed by atoms with van der Waals surface area (Å²) in [5.74, 6) is -2.60. The summed E-state index contributed by atoms with van der Waals surface area (Å²) in [5, 5.41) is 19.0. The molecular formula is C17H20O7. The summed E-state index contributed by atoms with van der Waals surface area (Å²) < 4.78 is 9.88. The average molecular weight is 336 g/mol. The highest BCUT2D eigenvalue weighted by Crippen LogP contribution is 2.14. The predicted molar refractivity (Wildman–Crippen MR) is 84.7 cm³/mol. The number of rotatable bonds is 9. The Bertz CT molecular complexity index is 609. The molecule has 0 aliphatic rings. The largest absolute Gasteiger partial charge is 0.478 e. The molecule has 0 spiro atoms. The fourth-order valence-corrected chi connectivity index (χ4v) is 1.92. The predicted octanol–water partition coefficient (Wildman–Crippen LogP) is 1.80. The van der Waals surface area contributed by atoms with Crippen molar-refractivity contribution in [2.75, 3.05) is 6.61 Å². The normalized spacial score (nSPS) is 12.8. The van der Waals surface area contributed by atoms with E-state index in [1.807, 2.05) is 0 Å². The summed E-state index contributed by atoms with van der Waals surface area (Å²) in [7, 11) is 0. The summed E-state index contributed by atoms with van der Waals surface area (Å²) in [5.41, 5.74) is -0.246. The van der Waals surface area contributed by atoms with Crippen LogP contribution in [0.1, 0.15) is 40.5 Å². The number of hydrogen-bond acceptors (Lipinski definition) is 6. The Hall–Kier alpha value is -2.67. The molecule has 0 radical (unpaired) electrons. The summed E-state index contributed by atoms with van der Waals surface area (Å²) in [6.07, 6.45) is -0.128. The third-order valence-corrected chi connectivity index (χ3v) is 3.27. The fraction of sp³-hybridized carbons (Fsp3) is 0.353. The lowest BCUT2D eigenvalue weighted by Gasteiger charge is -2.19. The zero-order chi connectivity index (χ0) is 18.1. The molecule has 2 atom stereocenters. The quantitative estimate of drug-likeness (QED) is 0.402. The van der Waals surface area contributed by atoms with Gasteiger partial charge in [-0.1, -0.05) is 18.7 Å². The molecule has 130 valence electrons. The third-order valence-electron chi connectivity index (χ3n) is 3.27. The lowest BCUT2D eigenvalue weighted by Crippen LogP contribution is -2.29. The minimum atomic E-state index is -1.24. The summed E-state index contributed by atoms with van der Waals surface area (Å²) in [4.78, 5) is 34.0.